The van der Waals surface area contributed by atoms with E-state index >= 15 is 0 Å². The predicted octanol–water partition coefficient (Wildman–Crippen LogP) is 3.73. The normalized spacial score (nSPS) is 20.1. The van der Waals surface area contributed by atoms with E-state index in [1.807, 2.05) is 12.1 Å². The first-order valence-corrected chi connectivity index (χ1v) is 6.94. The summed E-state index contributed by atoms with van der Waals surface area (Å²) in [5, 5.41) is 0. The second kappa shape index (κ2) is 3.90. The number of imidazole rings is 1. The number of fused-ring (bicyclic) bond motifs is 1. The quantitative estimate of drug-likeness (QED) is 0.927. The summed E-state index contributed by atoms with van der Waals surface area (Å²) in [4.78, 5) is 8.21. The van der Waals surface area contributed by atoms with E-state index in [1.54, 1.807) is 14.2 Å². The van der Waals surface area contributed by atoms with Gasteiger partial charge in [-0.1, -0.05) is 27.7 Å². The average Bonchev–Trinajstić information content (AvgIpc) is 2.70. The lowest BCUT2D eigenvalue weighted by Gasteiger charge is -2.06. The number of nitrogens with one attached hydrogen (secondary N) is 1. The second-order valence-corrected chi connectivity index (χ2v) is 6.72. The molecule has 0 amide bonds. The number of ether oxygens (including phenoxy) is 2. The molecule has 0 bridgehead atoms. The molecule has 4 heteroatoms. The molecule has 0 aliphatic heterocycles. The smallest absolute Gasteiger partial charge is 0.163 e. The van der Waals surface area contributed by atoms with E-state index in [0.29, 0.717) is 11.7 Å². The number of rotatable bonds is 3. The lowest BCUT2D eigenvalue weighted by atomic mass is 10.0. The zero-order chi connectivity index (χ0) is 14.7. The molecule has 1 aliphatic rings. The molecule has 1 aromatic heterocycles. The van der Waals surface area contributed by atoms with E-state index in [-0.39, 0.29) is 10.8 Å². The number of aromatic nitrogens is 2. The van der Waals surface area contributed by atoms with Gasteiger partial charge in [0, 0.05) is 18.1 Å². The van der Waals surface area contributed by atoms with Gasteiger partial charge >= 0.3 is 0 Å². The Kier molecular flexibility index (Phi) is 2.59. The molecule has 3 rings (SSSR count). The summed E-state index contributed by atoms with van der Waals surface area (Å²) < 4.78 is 10.7. The van der Waals surface area contributed by atoms with Crippen molar-refractivity contribution in [2.24, 2.45) is 10.8 Å². The van der Waals surface area contributed by atoms with Crippen molar-refractivity contribution in [3.63, 3.8) is 0 Å². The van der Waals surface area contributed by atoms with Gasteiger partial charge < -0.3 is 14.5 Å². The van der Waals surface area contributed by atoms with Crippen molar-refractivity contribution in [2.75, 3.05) is 14.2 Å². The van der Waals surface area contributed by atoms with E-state index in [2.05, 4.69) is 32.7 Å². The first-order valence-electron chi connectivity index (χ1n) is 6.94. The maximum Gasteiger partial charge on any atom is 0.163 e. The molecule has 0 unspecified atom stereocenters. The van der Waals surface area contributed by atoms with E-state index in [0.717, 1.165) is 22.6 Å². The minimum absolute atomic E-state index is 0.273. The maximum absolute atomic E-state index is 5.34. The molecule has 1 fully saturated rings. The van der Waals surface area contributed by atoms with Crippen molar-refractivity contribution in [1.82, 2.24) is 9.97 Å². The lowest BCUT2D eigenvalue weighted by molar-refractivity contribution is 0.356. The van der Waals surface area contributed by atoms with E-state index < -0.39 is 0 Å². The Morgan fingerprint density at radius 3 is 2.05 bits per heavy atom. The van der Waals surface area contributed by atoms with E-state index in [1.165, 1.54) is 0 Å². The van der Waals surface area contributed by atoms with Crippen LogP contribution in [0.2, 0.25) is 0 Å². The van der Waals surface area contributed by atoms with E-state index in [9.17, 15) is 0 Å². The van der Waals surface area contributed by atoms with Crippen LogP contribution in [0.15, 0.2) is 12.1 Å². The highest BCUT2D eigenvalue weighted by Crippen LogP contribution is 2.73. The maximum atomic E-state index is 5.34. The number of hydrogen-bond donors (Lipinski definition) is 1. The third kappa shape index (κ3) is 1.57. The zero-order valence-electron chi connectivity index (χ0n) is 13.0. The Hall–Kier alpha value is -1.71. The van der Waals surface area contributed by atoms with Crippen LogP contribution >= 0.6 is 0 Å². The summed E-state index contributed by atoms with van der Waals surface area (Å²) in [6.07, 6.45) is 0. The Bertz CT molecular complexity index is 615. The average molecular weight is 274 g/mol. The molecule has 1 saturated carbocycles. The van der Waals surface area contributed by atoms with Crippen LogP contribution in [0, 0.1) is 10.8 Å². The number of aromatic amines is 1. The van der Waals surface area contributed by atoms with Gasteiger partial charge in [0.05, 0.1) is 25.3 Å². The highest BCUT2D eigenvalue weighted by atomic mass is 16.5. The summed E-state index contributed by atoms with van der Waals surface area (Å²) in [5.41, 5.74) is 2.47. The van der Waals surface area contributed by atoms with Crippen LogP contribution in [0.5, 0.6) is 11.5 Å². The number of H-pyrrole nitrogens is 1. The molecule has 0 atom stereocenters. The van der Waals surface area contributed by atoms with Crippen LogP contribution in [0.25, 0.3) is 11.0 Å². The van der Waals surface area contributed by atoms with Crippen LogP contribution in [0.3, 0.4) is 0 Å². The molecule has 0 radical (unpaired) electrons. The summed E-state index contributed by atoms with van der Waals surface area (Å²) in [6.45, 7) is 9.19. The Balaban J connectivity index is 2.09. The van der Waals surface area contributed by atoms with Crippen molar-refractivity contribution >= 4 is 11.0 Å². The molecule has 1 N–H and O–H groups in total. The molecule has 108 valence electrons. The third-order valence-electron chi connectivity index (χ3n) is 5.30. The topological polar surface area (TPSA) is 47.1 Å². The van der Waals surface area contributed by atoms with Gasteiger partial charge in [0.1, 0.15) is 5.82 Å². The zero-order valence-corrected chi connectivity index (χ0v) is 13.0. The van der Waals surface area contributed by atoms with Crippen molar-refractivity contribution in [3.8, 4) is 11.5 Å². The summed E-state index contributed by atoms with van der Waals surface area (Å²) in [6, 6.07) is 3.88. The lowest BCUT2D eigenvalue weighted by Crippen LogP contribution is -1.95. The first kappa shape index (κ1) is 13.3. The van der Waals surface area contributed by atoms with Crippen LogP contribution in [0.4, 0.5) is 0 Å². The van der Waals surface area contributed by atoms with Crippen molar-refractivity contribution < 1.29 is 9.47 Å². The molecule has 0 saturated heterocycles. The van der Waals surface area contributed by atoms with Crippen molar-refractivity contribution in [1.29, 1.82) is 0 Å². The Morgan fingerprint density at radius 1 is 1.00 bits per heavy atom. The summed E-state index contributed by atoms with van der Waals surface area (Å²) in [7, 11) is 3.29. The third-order valence-corrected chi connectivity index (χ3v) is 5.30. The molecule has 1 heterocycles. The highest BCUT2D eigenvalue weighted by Gasteiger charge is 2.66. The fourth-order valence-electron chi connectivity index (χ4n) is 3.37. The van der Waals surface area contributed by atoms with Gasteiger partial charge in [-0.2, -0.15) is 0 Å². The van der Waals surface area contributed by atoms with Crippen LogP contribution in [-0.2, 0) is 0 Å². The van der Waals surface area contributed by atoms with E-state index in [4.69, 9.17) is 14.5 Å². The van der Waals surface area contributed by atoms with Crippen LogP contribution in [-0.4, -0.2) is 24.2 Å². The first-order chi connectivity index (χ1) is 9.32. The van der Waals surface area contributed by atoms with Crippen molar-refractivity contribution in [2.45, 2.75) is 33.6 Å². The summed E-state index contributed by atoms with van der Waals surface area (Å²) in [5.74, 6) is 2.96. The number of nitrogens with zero attached hydrogens (tertiary/aromatic N) is 1. The molecule has 2 aromatic rings. The molecule has 0 spiro atoms. The number of hydrogen-bond acceptors (Lipinski definition) is 3. The molecule has 20 heavy (non-hydrogen) atoms. The second-order valence-electron chi connectivity index (χ2n) is 6.72. The Labute approximate surface area is 119 Å². The van der Waals surface area contributed by atoms with Crippen molar-refractivity contribution in [3.05, 3.63) is 18.0 Å². The van der Waals surface area contributed by atoms with Gasteiger partial charge in [-0.25, -0.2) is 4.98 Å². The number of methoxy groups -OCH3 is 2. The van der Waals surface area contributed by atoms with Crippen LogP contribution in [0.1, 0.15) is 39.4 Å². The molecule has 1 aliphatic carbocycles. The SMILES string of the molecule is COc1cc2nc(C3C(C)(C)C3(C)C)[nH]c2cc1OC. The molecular formula is C16H22N2O2. The highest BCUT2D eigenvalue weighted by molar-refractivity contribution is 5.80. The van der Waals surface area contributed by atoms with Gasteiger partial charge in [0.2, 0.25) is 0 Å². The van der Waals surface area contributed by atoms with Crippen LogP contribution < -0.4 is 9.47 Å². The summed E-state index contributed by atoms with van der Waals surface area (Å²) >= 11 is 0. The van der Waals surface area contributed by atoms with Gasteiger partial charge in [-0.15, -0.1) is 0 Å². The molecule has 1 aromatic carbocycles. The predicted molar refractivity (Wildman–Crippen MR) is 79.5 cm³/mol. The monoisotopic (exact) mass is 274 g/mol. The van der Waals surface area contributed by atoms with Gasteiger partial charge in [0.25, 0.3) is 0 Å². The minimum atomic E-state index is 0.273. The Morgan fingerprint density at radius 2 is 1.55 bits per heavy atom. The van der Waals surface area contributed by atoms with Gasteiger partial charge in [0.15, 0.2) is 11.5 Å². The molecule has 4 nitrogen and oxygen atoms in total. The number of benzene rings is 1. The molecular weight excluding hydrogens is 252 g/mol. The van der Waals surface area contributed by atoms with Gasteiger partial charge in [-0.3, -0.25) is 0 Å². The standard InChI is InChI=1S/C16H22N2O2/c1-15(2)13(16(15,3)4)14-17-9-7-11(19-5)12(20-6)8-10(9)18-14/h7-8,13H,1-6H3,(H,17,18). The van der Waals surface area contributed by atoms with Gasteiger partial charge in [-0.05, 0) is 10.8 Å². The fraction of sp³-hybridized carbons (Fsp3) is 0.562. The minimum Gasteiger partial charge on any atom is -0.493 e. The largest absolute Gasteiger partial charge is 0.493 e. The fourth-order valence-corrected chi connectivity index (χ4v) is 3.37.